The van der Waals surface area contributed by atoms with Crippen LogP contribution in [0.25, 0.3) is 0 Å². The number of aldehydes is 1. The van der Waals surface area contributed by atoms with E-state index in [0.29, 0.717) is 6.29 Å². The maximum absolute atomic E-state index is 10.2. The van der Waals surface area contributed by atoms with Crippen molar-refractivity contribution >= 4 is 6.29 Å². The first-order valence-electron chi connectivity index (χ1n) is 2.87. The van der Waals surface area contributed by atoms with Crippen LogP contribution in [0, 0.1) is 0 Å². The topological polar surface area (TPSA) is 49.3 Å². The zero-order valence-electron chi connectivity index (χ0n) is 6.01. The van der Waals surface area contributed by atoms with Gasteiger partial charge in [0.25, 0.3) is 0 Å². The first-order valence-corrected chi connectivity index (χ1v) is 2.87. The maximum atomic E-state index is 10.2. The Morgan fingerprint density at radius 3 is 2.11 bits per heavy atom. The molecule has 0 rings (SSSR count). The molecule has 0 bridgehead atoms. The molecule has 0 aromatic rings. The molecule has 0 aromatic carbocycles. The van der Waals surface area contributed by atoms with Gasteiger partial charge in [0.2, 0.25) is 0 Å². The van der Waals surface area contributed by atoms with Crippen LogP contribution in [0.2, 0.25) is 0 Å². The Hall–Kier alpha value is -0.410. The van der Waals surface area contributed by atoms with Gasteiger partial charge < -0.3 is 15.2 Å². The van der Waals surface area contributed by atoms with E-state index in [1.807, 2.05) is 0 Å². The average Bonchev–Trinajstić information content (AvgIpc) is 1.65. The summed E-state index contributed by atoms with van der Waals surface area (Å²) in [4.78, 5) is 10.2. The SMILES string of the molecule is CNC(C=O)C(C)(C)O. The third-order valence-corrected chi connectivity index (χ3v) is 1.21. The highest BCUT2D eigenvalue weighted by Crippen LogP contribution is 2.04. The van der Waals surface area contributed by atoms with Gasteiger partial charge in [0, 0.05) is 0 Å². The molecule has 54 valence electrons. The standard InChI is InChI=1S/C6H13NO2/c1-6(2,9)5(4-8)7-3/h4-5,7,9H,1-3H3. The lowest BCUT2D eigenvalue weighted by Crippen LogP contribution is -2.46. The summed E-state index contributed by atoms with van der Waals surface area (Å²) in [5.41, 5.74) is -0.962. The monoisotopic (exact) mass is 131 g/mol. The summed E-state index contributed by atoms with van der Waals surface area (Å²) < 4.78 is 0. The van der Waals surface area contributed by atoms with Gasteiger partial charge in [0.1, 0.15) is 6.29 Å². The molecule has 1 unspecified atom stereocenters. The quantitative estimate of drug-likeness (QED) is 0.510. The molecule has 0 aromatic heterocycles. The van der Waals surface area contributed by atoms with Crippen LogP contribution in [0.5, 0.6) is 0 Å². The van der Waals surface area contributed by atoms with Gasteiger partial charge >= 0.3 is 0 Å². The Labute approximate surface area is 55.1 Å². The highest BCUT2D eigenvalue weighted by Gasteiger charge is 2.23. The van der Waals surface area contributed by atoms with Gasteiger partial charge in [0.05, 0.1) is 11.6 Å². The number of hydrogen-bond donors (Lipinski definition) is 2. The predicted octanol–water partition coefficient (Wildman–Crippen LogP) is -0.456. The molecular formula is C6H13NO2. The average molecular weight is 131 g/mol. The number of rotatable bonds is 3. The second-order valence-corrected chi connectivity index (χ2v) is 2.56. The molecule has 2 N–H and O–H groups in total. The van der Waals surface area contributed by atoms with Gasteiger partial charge in [-0.25, -0.2) is 0 Å². The van der Waals surface area contributed by atoms with E-state index in [1.54, 1.807) is 20.9 Å². The first kappa shape index (κ1) is 8.59. The van der Waals surface area contributed by atoms with Crippen molar-refractivity contribution < 1.29 is 9.90 Å². The van der Waals surface area contributed by atoms with E-state index in [-0.39, 0.29) is 0 Å². The van der Waals surface area contributed by atoms with Crippen molar-refractivity contribution in [3.05, 3.63) is 0 Å². The third kappa shape index (κ3) is 2.58. The molecule has 0 fully saturated rings. The zero-order valence-corrected chi connectivity index (χ0v) is 6.01. The number of aliphatic hydroxyl groups is 1. The van der Waals surface area contributed by atoms with Crippen LogP contribution in [0.3, 0.4) is 0 Å². The molecule has 0 saturated carbocycles. The van der Waals surface area contributed by atoms with E-state index in [2.05, 4.69) is 5.32 Å². The van der Waals surface area contributed by atoms with Crippen molar-refractivity contribution in [2.45, 2.75) is 25.5 Å². The molecule has 0 amide bonds. The fraction of sp³-hybridized carbons (Fsp3) is 0.833. The minimum absolute atomic E-state index is 0.475. The number of nitrogens with one attached hydrogen (secondary N) is 1. The molecule has 0 saturated heterocycles. The molecule has 0 aliphatic rings. The van der Waals surface area contributed by atoms with E-state index in [4.69, 9.17) is 0 Å². The minimum atomic E-state index is -0.962. The summed E-state index contributed by atoms with van der Waals surface area (Å²) in [5, 5.41) is 11.9. The number of likely N-dealkylation sites (N-methyl/N-ethyl adjacent to an activating group) is 1. The van der Waals surface area contributed by atoms with Crippen molar-refractivity contribution in [3.8, 4) is 0 Å². The lowest BCUT2D eigenvalue weighted by Gasteiger charge is -2.23. The summed E-state index contributed by atoms with van der Waals surface area (Å²) in [7, 11) is 1.64. The Morgan fingerprint density at radius 1 is 1.67 bits per heavy atom. The molecule has 0 heterocycles. The predicted molar refractivity (Wildman–Crippen MR) is 35.2 cm³/mol. The Kier molecular flexibility index (Phi) is 2.81. The molecule has 0 radical (unpaired) electrons. The molecule has 3 heteroatoms. The van der Waals surface area contributed by atoms with Crippen LogP contribution in [-0.2, 0) is 4.79 Å². The summed E-state index contributed by atoms with van der Waals surface area (Å²) in [6.45, 7) is 3.17. The van der Waals surface area contributed by atoms with Crippen LogP contribution < -0.4 is 5.32 Å². The van der Waals surface area contributed by atoms with E-state index < -0.39 is 11.6 Å². The van der Waals surface area contributed by atoms with E-state index in [0.717, 1.165) is 0 Å². The summed E-state index contributed by atoms with van der Waals surface area (Å²) in [5.74, 6) is 0. The van der Waals surface area contributed by atoms with E-state index >= 15 is 0 Å². The summed E-state index contributed by atoms with van der Waals surface area (Å²) in [6, 6.07) is -0.475. The molecule has 9 heavy (non-hydrogen) atoms. The van der Waals surface area contributed by atoms with Gasteiger partial charge in [-0.1, -0.05) is 0 Å². The maximum Gasteiger partial charge on any atom is 0.139 e. The molecule has 1 atom stereocenters. The van der Waals surface area contributed by atoms with Gasteiger partial charge in [-0.2, -0.15) is 0 Å². The largest absolute Gasteiger partial charge is 0.388 e. The number of hydrogen-bond acceptors (Lipinski definition) is 3. The van der Waals surface area contributed by atoms with Crippen molar-refractivity contribution in [1.82, 2.24) is 5.32 Å². The van der Waals surface area contributed by atoms with Gasteiger partial charge in [-0.3, -0.25) is 0 Å². The summed E-state index contributed by atoms with van der Waals surface area (Å²) >= 11 is 0. The van der Waals surface area contributed by atoms with Crippen molar-refractivity contribution in [1.29, 1.82) is 0 Å². The molecule has 0 spiro atoms. The van der Waals surface area contributed by atoms with Gasteiger partial charge in [-0.15, -0.1) is 0 Å². The molecule has 0 aliphatic heterocycles. The lowest BCUT2D eigenvalue weighted by molar-refractivity contribution is -0.114. The zero-order chi connectivity index (χ0) is 7.49. The highest BCUT2D eigenvalue weighted by molar-refractivity contribution is 5.59. The molecule has 3 nitrogen and oxygen atoms in total. The number of carbonyl (C=O) groups is 1. The second-order valence-electron chi connectivity index (χ2n) is 2.56. The number of carbonyl (C=O) groups excluding carboxylic acids is 1. The minimum Gasteiger partial charge on any atom is -0.388 e. The summed E-state index contributed by atoms with van der Waals surface area (Å²) in [6.07, 6.45) is 0.694. The molecule has 0 aliphatic carbocycles. The smallest absolute Gasteiger partial charge is 0.139 e. The van der Waals surface area contributed by atoms with E-state index in [9.17, 15) is 9.90 Å². The fourth-order valence-corrected chi connectivity index (χ4v) is 0.588. The Balaban J connectivity index is 3.94. The first-order chi connectivity index (χ1) is 4.02. The van der Waals surface area contributed by atoms with Gasteiger partial charge in [0.15, 0.2) is 0 Å². The Morgan fingerprint density at radius 2 is 2.11 bits per heavy atom. The van der Waals surface area contributed by atoms with Crippen LogP contribution in [0.1, 0.15) is 13.8 Å². The second kappa shape index (κ2) is 2.94. The van der Waals surface area contributed by atoms with Gasteiger partial charge in [-0.05, 0) is 20.9 Å². The normalized spacial score (nSPS) is 15.1. The van der Waals surface area contributed by atoms with Crippen LogP contribution in [0.4, 0.5) is 0 Å². The van der Waals surface area contributed by atoms with Crippen LogP contribution in [0.15, 0.2) is 0 Å². The molecular weight excluding hydrogens is 118 g/mol. The Bertz CT molecular complexity index is 95.7. The highest BCUT2D eigenvalue weighted by atomic mass is 16.3. The van der Waals surface area contributed by atoms with Crippen molar-refractivity contribution in [3.63, 3.8) is 0 Å². The lowest BCUT2D eigenvalue weighted by atomic mass is 10.0. The van der Waals surface area contributed by atoms with Crippen LogP contribution in [-0.4, -0.2) is 30.1 Å². The van der Waals surface area contributed by atoms with E-state index in [1.165, 1.54) is 0 Å². The van der Waals surface area contributed by atoms with Crippen molar-refractivity contribution in [2.75, 3.05) is 7.05 Å². The third-order valence-electron chi connectivity index (χ3n) is 1.21. The van der Waals surface area contributed by atoms with Crippen molar-refractivity contribution in [2.24, 2.45) is 0 Å². The van der Waals surface area contributed by atoms with Crippen LogP contribution >= 0.6 is 0 Å². The fourth-order valence-electron chi connectivity index (χ4n) is 0.588.